The summed E-state index contributed by atoms with van der Waals surface area (Å²) in [4.78, 5) is 10.8. The van der Waals surface area contributed by atoms with Crippen LogP contribution in [-0.2, 0) is 9.53 Å². The van der Waals surface area contributed by atoms with Crippen LogP contribution in [0.3, 0.4) is 0 Å². The first-order valence-electron chi connectivity index (χ1n) is 3.06. The van der Waals surface area contributed by atoms with Gasteiger partial charge in [-0.1, -0.05) is 0 Å². The van der Waals surface area contributed by atoms with Crippen molar-refractivity contribution in [1.82, 2.24) is 0 Å². The molecule has 0 aromatic heterocycles. The maximum atomic E-state index is 12.0. The Kier molecular flexibility index (Phi) is 3.17. The summed E-state index contributed by atoms with van der Waals surface area (Å²) in [5.41, 5.74) is -0.819. The van der Waals surface area contributed by atoms with Gasteiger partial charge in [-0.3, -0.25) is 4.79 Å². The Labute approximate surface area is 63.8 Å². The highest BCUT2D eigenvalue weighted by Gasteiger charge is 2.24. The molecule has 0 aliphatic heterocycles. The largest absolute Gasteiger partial charge is 0.396 e. The second-order valence-electron chi connectivity index (χ2n) is 3.05. The Bertz CT molecular complexity index is 179. The van der Waals surface area contributed by atoms with E-state index in [4.69, 9.17) is 0 Å². The molecule has 0 aromatic rings. The highest BCUT2D eigenvalue weighted by Crippen LogP contribution is 2.17. The minimum absolute atomic E-state index is 0.399. The Hall–Kier alpha value is -0.930. The second kappa shape index (κ2) is 3.46. The van der Waals surface area contributed by atoms with Crippen molar-refractivity contribution in [2.75, 3.05) is 0 Å². The zero-order chi connectivity index (χ0) is 9.07. The van der Waals surface area contributed by atoms with Crippen LogP contribution in [0, 0.1) is 5.41 Å². The molecule has 4 heteroatoms. The molecular weight excluding hydrogens is 154 g/mol. The molecule has 64 valence electrons. The van der Waals surface area contributed by atoms with Crippen LogP contribution < -0.4 is 0 Å². The minimum Gasteiger partial charge on any atom is -0.396 e. The maximum absolute atomic E-state index is 12.0. The number of ether oxygens (including phenoxy) is 1. The third kappa shape index (κ3) is 3.70. The number of halogens is 2. The Morgan fingerprint density at radius 2 is 1.91 bits per heavy atom. The standard InChI is InChI=1S/C7H10F2O2/c1-7(2,3)6(10)11-5(9)4-8/h4H,1-3H3/b5-4-. The molecule has 0 amide bonds. The third-order valence-electron chi connectivity index (χ3n) is 0.888. The van der Waals surface area contributed by atoms with Crippen molar-refractivity contribution in [3.05, 3.63) is 12.3 Å². The van der Waals surface area contributed by atoms with Crippen molar-refractivity contribution in [1.29, 1.82) is 0 Å². The lowest BCUT2D eigenvalue weighted by molar-refractivity contribution is -0.150. The lowest BCUT2D eigenvalue weighted by Gasteiger charge is -2.14. The van der Waals surface area contributed by atoms with Gasteiger partial charge in [0.1, 0.15) is 0 Å². The molecule has 0 fully saturated rings. The van der Waals surface area contributed by atoms with Gasteiger partial charge in [-0.15, -0.1) is 0 Å². The number of esters is 1. The SMILES string of the molecule is CC(C)(C)C(=O)O/C(F)=C\F. The summed E-state index contributed by atoms with van der Waals surface area (Å²) in [6.45, 7) is 4.63. The molecule has 0 aliphatic carbocycles. The summed E-state index contributed by atoms with van der Waals surface area (Å²) >= 11 is 0. The number of hydrogen-bond acceptors (Lipinski definition) is 2. The summed E-state index contributed by atoms with van der Waals surface area (Å²) < 4.78 is 27.2. The number of carbonyl (C=O) groups excluding carboxylic acids is 1. The highest BCUT2D eigenvalue weighted by molar-refractivity contribution is 5.76. The van der Waals surface area contributed by atoms with Gasteiger partial charge in [0.15, 0.2) is 6.33 Å². The predicted octanol–water partition coefficient (Wildman–Crippen LogP) is 2.31. The lowest BCUT2D eigenvalue weighted by atomic mass is 9.98. The number of carbonyl (C=O) groups is 1. The Balaban J connectivity index is 4.10. The predicted molar refractivity (Wildman–Crippen MR) is 35.8 cm³/mol. The zero-order valence-corrected chi connectivity index (χ0v) is 6.65. The monoisotopic (exact) mass is 164 g/mol. The van der Waals surface area contributed by atoms with E-state index >= 15 is 0 Å². The molecule has 0 saturated carbocycles. The molecular formula is C7H10F2O2. The Morgan fingerprint density at radius 1 is 1.45 bits per heavy atom. The number of hydrogen-bond donors (Lipinski definition) is 0. The molecule has 0 unspecified atom stereocenters. The molecule has 2 nitrogen and oxygen atoms in total. The Morgan fingerprint density at radius 3 is 2.18 bits per heavy atom. The second-order valence-corrected chi connectivity index (χ2v) is 3.05. The van der Waals surface area contributed by atoms with E-state index in [0.29, 0.717) is 0 Å². The van der Waals surface area contributed by atoms with Gasteiger partial charge in [0.25, 0.3) is 0 Å². The van der Waals surface area contributed by atoms with E-state index in [1.54, 1.807) is 20.8 Å². The molecule has 0 aromatic carbocycles. The first-order chi connectivity index (χ1) is 4.88. The average Bonchev–Trinajstić information content (AvgIpc) is 1.85. The molecule has 0 atom stereocenters. The molecule has 0 saturated heterocycles. The van der Waals surface area contributed by atoms with Gasteiger partial charge in [0.2, 0.25) is 0 Å². The molecule has 0 spiro atoms. The smallest absolute Gasteiger partial charge is 0.318 e. The van der Waals surface area contributed by atoms with Gasteiger partial charge < -0.3 is 4.74 Å². The topological polar surface area (TPSA) is 26.3 Å². The molecule has 0 radical (unpaired) electrons. The molecule has 11 heavy (non-hydrogen) atoms. The van der Waals surface area contributed by atoms with Gasteiger partial charge in [-0.05, 0) is 20.8 Å². The van der Waals surface area contributed by atoms with Crippen molar-refractivity contribution in [3.63, 3.8) is 0 Å². The third-order valence-corrected chi connectivity index (χ3v) is 0.888. The van der Waals surface area contributed by atoms with Crippen LogP contribution in [0.4, 0.5) is 8.78 Å². The fourth-order valence-electron chi connectivity index (χ4n) is 0.264. The van der Waals surface area contributed by atoms with Crippen molar-refractivity contribution >= 4 is 5.97 Å². The van der Waals surface area contributed by atoms with Crippen molar-refractivity contribution in [2.24, 2.45) is 5.41 Å². The van der Waals surface area contributed by atoms with E-state index < -0.39 is 23.7 Å². The molecule has 0 bridgehead atoms. The van der Waals surface area contributed by atoms with Crippen LogP contribution in [0.1, 0.15) is 20.8 Å². The first kappa shape index (κ1) is 10.1. The van der Waals surface area contributed by atoms with Gasteiger partial charge >= 0.3 is 12.0 Å². The highest BCUT2D eigenvalue weighted by atomic mass is 19.2. The number of rotatable bonds is 1. The first-order valence-corrected chi connectivity index (χ1v) is 3.06. The fraction of sp³-hybridized carbons (Fsp3) is 0.571. The average molecular weight is 164 g/mol. The van der Waals surface area contributed by atoms with Crippen LogP contribution in [0.25, 0.3) is 0 Å². The van der Waals surface area contributed by atoms with Crippen LogP contribution in [0.15, 0.2) is 12.3 Å². The quantitative estimate of drug-likeness (QED) is 0.439. The van der Waals surface area contributed by atoms with E-state index in [1.807, 2.05) is 0 Å². The van der Waals surface area contributed by atoms with Crippen molar-refractivity contribution < 1.29 is 18.3 Å². The van der Waals surface area contributed by atoms with E-state index in [2.05, 4.69) is 4.74 Å². The fourth-order valence-corrected chi connectivity index (χ4v) is 0.264. The summed E-state index contributed by atoms with van der Waals surface area (Å²) in [5.74, 6) is -0.802. The molecule has 0 N–H and O–H groups in total. The van der Waals surface area contributed by atoms with E-state index in [0.717, 1.165) is 0 Å². The van der Waals surface area contributed by atoms with Crippen LogP contribution in [0.2, 0.25) is 0 Å². The van der Waals surface area contributed by atoms with Gasteiger partial charge in [0.05, 0.1) is 5.41 Å². The summed E-state index contributed by atoms with van der Waals surface area (Å²) in [5, 5.41) is 0. The van der Waals surface area contributed by atoms with Crippen LogP contribution in [-0.4, -0.2) is 5.97 Å². The molecule has 0 rings (SSSR count). The zero-order valence-electron chi connectivity index (χ0n) is 6.65. The van der Waals surface area contributed by atoms with Crippen molar-refractivity contribution in [3.8, 4) is 0 Å². The minimum atomic E-state index is -1.51. The van der Waals surface area contributed by atoms with E-state index in [-0.39, 0.29) is 0 Å². The van der Waals surface area contributed by atoms with Crippen LogP contribution >= 0.6 is 0 Å². The normalized spacial score (nSPS) is 13.0. The van der Waals surface area contributed by atoms with Crippen molar-refractivity contribution in [2.45, 2.75) is 20.8 Å². The summed E-state index contributed by atoms with van der Waals surface area (Å²) in [6, 6.07) is -1.51. The van der Waals surface area contributed by atoms with Gasteiger partial charge in [0, 0.05) is 0 Å². The molecule has 0 heterocycles. The van der Waals surface area contributed by atoms with Gasteiger partial charge in [-0.25, -0.2) is 4.39 Å². The van der Waals surface area contributed by atoms with E-state index in [9.17, 15) is 13.6 Å². The molecule has 0 aliphatic rings. The summed E-state index contributed by atoms with van der Waals surface area (Å²) in [7, 11) is 0. The van der Waals surface area contributed by atoms with E-state index in [1.165, 1.54) is 0 Å². The lowest BCUT2D eigenvalue weighted by Crippen LogP contribution is -2.21. The maximum Gasteiger partial charge on any atom is 0.318 e. The van der Waals surface area contributed by atoms with Gasteiger partial charge in [-0.2, -0.15) is 4.39 Å². The van der Waals surface area contributed by atoms with Crippen LogP contribution in [0.5, 0.6) is 0 Å². The summed E-state index contributed by atoms with van der Waals surface area (Å²) in [6.07, 6.45) is -0.399.